The molecule has 0 unspecified atom stereocenters. The van der Waals surface area contributed by atoms with Gasteiger partial charge in [-0.25, -0.2) is 5.10 Å². The fourth-order valence-corrected chi connectivity index (χ4v) is 2.27. The molecule has 0 bridgehead atoms. The normalized spacial score (nSPS) is 12.1. The van der Waals surface area contributed by atoms with Crippen molar-refractivity contribution in [3.63, 3.8) is 0 Å². The summed E-state index contributed by atoms with van der Waals surface area (Å²) in [5.41, 5.74) is 3.71. The fourth-order valence-electron chi connectivity index (χ4n) is 2.27. The van der Waals surface area contributed by atoms with Crippen molar-refractivity contribution < 1.29 is 4.79 Å². The second kappa shape index (κ2) is 8.06. The Morgan fingerprint density at radius 3 is 2.50 bits per heavy atom. The molecule has 1 aromatic carbocycles. The summed E-state index contributed by atoms with van der Waals surface area (Å²) in [5, 5.41) is 9.33. The van der Waals surface area contributed by atoms with Gasteiger partial charge in [-0.2, -0.15) is 5.10 Å². The lowest BCUT2D eigenvalue weighted by Gasteiger charge is -2.09. The number of nitrogens with one attached hydrogen (secondary N) is 2. The maximum atomic E-state index is 12.6. The number of nitrogens with zero attached hydrogens (tertiary/aromatic N) is 1. The number of hydrogen-bond acceptors (Lipinski definition) is 4. The molecule has 24 heavy (non-hydrogen) atoms. The van der Waals surface area contributed by atoms with Crippen molar-refractivity contribution in [1.82, 2.24) is 15.5 Å². The first kappa shape index (κ1) is 17.4. The van der Waals surface area contributed by atoms with Crippen LogP contribution in [0.5, 0.6) is 0 Å². The molecule has 2 aromatic rings. The van der Waals surface area contributed by atoms with Crippen LogP contribution in [0, 0.1) is 6.92 Å². The van der Waals surface area contributed by atoms with E-state index in [1.807, 2.05) is 50.3 Å². The number of aromatic amines is 1. The first-order valence-electron chi connectivity index (χ1n) is 7.72. The van der Waals surface area contributed by atoms with Crippen LogP contribution in [0.4, 0.5) is 0 Å². The van der Waals surface area contributed by atoms with Crippen LogP contribution in [0.15, 0.2) is 64.6 Å². The van der Waals surface area contributed by atoms with E-state index in [-0.39, 0.29) is 11.3 Å². The van der Waals surface area contributed by atoms with Crippen LogP contribution in [-0.4, -0.2) is 23.0 Å². The molecule has 0 saturated carbocycles. The van der Waals surface area contributed by atoms with Crippen LogP contribution in [-0.2, 0) is 6.42 Å². The summed E-state index contributed by atoms with van der Waals surface area (Å²) in [7, 11) is 1.74. The molecule has 1 aromatic heterocycles. The molecule has 2 rings (SSSR count). The standard InChI is InChI=1S/C19H21N3O2/c1-13-7-9-15(10-8-13)19(24)18(20-3)14(2)5-4-6-16-11-12-17(23)22-21-16/h4-5,7-12,20H,6H2,1-3H3,(H,22,23)/b5-4+,18-14-. The minimum atomic E-state index is -0.222. The maximum Gasteiger partial charge on any atom is 0.264 e. The highest BCUT2D eigenvalue weighted by Crippen LogP contribution is 2.12. The highest BCUT2D eigenvalue weighted by atomic mass is 16.1. The number of benzene rings is 1. The average Bonchev–Trinajstić information content (AvgIpc) is 2.58. The highest BCUT2D eigenvalue weighted by molar-refractivity contribution is 6.08. The van der Waals surface area contributed by atoms with E-state index >= 15 is 0 Å². The fraction of sp³-hybridized carbons (Fsp3) is 0.211. The van der Waals surface area contributed by atoms with Crippen LogP contribution >= 0.6 is 0 Å². The molecule has 0 aliphatic heterocycles. The predicted molar refractivity (Wildman–Crippen MR) is 95.0 cm³/mol. The number of carbonyl (C=O) groups excluding carboxylic acids is 1. The lowest BCUT2D eigenvalue weighted by molar-refractivity contribution is 0.102. The van der Waals surface area contributed by atoms with Crippen LogP contribution in [0.3, 0.4) is 0 Å². The summed E-state index contributed by atoms with van der Waals surface area (Å²) in [4.78, 5) is 23.6. The second-order valence-electron chi connectivity index (χ2n) is 5.52. The molecule has 5 nitrogen and oxygen atoms in total. The average molecular weight is 323 g/mol. The van der Waals surface area contributed by atoms with E-state index in [9.17, 15) is 9.59 Å². The summed E-state index contributed by atoms with van der Waals surface area (Å²) in [6, 6.07) is 10.6. The van der Waals surface area contributed by atoms with Gasteiger partial charge >= 0.3 is 0 Å². The summed E-state index contributed by atoms with van der Waals surface area (Å²) in [6.45, 7) is 3.87. The van der Waals surface area contributed by atoms with Crippen molar-refractivity contribution in [3.8, 4) is 0 Å². The van der Waals surface area contributed by atoms with E-state index in [1.165, 1.54) is 6.07 Å². The molecular weight excluding hydrogens is 302 g/mol. The van der Waals surface area contributed by atoms with Crippen molar-refractivity contribution in [2.24, 2.45) is 0 Å². The van der Waals surface area contributed by atoms with E-state index in [4.69, 9.17) is 0 Å². The monoisotopic (exact) mass is 323 g/mol. The Bertz CT molecular complexity index is 810. The lowest BCUT2D eigenvalue weighted by atomic mass is 10.0. The molecule has 1 heterocycles. The molecule has 124 valence electrons. The van der Waals surface area contributed by atoms with E-state index in [0.29, 0.717) is 17.7 Å². The predicted octanol–water partition coefficient (Wildman–Crippen LogP) is 2.55. The number of aromatic nitrogens is 2. The summed E-state index contributed by atoms with van der Waals surface area (Å²) >= 11 is 0. The summed E-state index contributed by atoms with van der Waals surface area (Å²) in [5.74, 6) is -0.0400. The van der Waals surface area contributed by atoms with Crippen molar-refractivity contribution in [1.29, 1.82) is 0 Å². The SMILES string of the molecule is CN/C(C(=O)c1ccc(C)cc1)=C(C)\C=C\Cc1ccc(=O)[nH]n1. The molecule has 2 N–H and O–H groups in total. The van der Waals surface area contributed by atoms with E-state index in [2.05, 4.69) is 15.5 Å². The minimum absolute atomic E-state index is 0.0400. The van der Waals surface area contributed by atoms with Crippen LogP contribution in [0.2, 0.25) is 0 Å². The van der Waals surface area contributed by atoms with Gasteiger partial charge in [-0.3, -0.25) is 9.59 Å². The van der Waals surface area contributed by atoms with E-state index < -0.39 is 0 Å². The highest BCUT2D eigenvalue weighted by Gasteiger charge is 2.12. The number of Topliss-reactive ketones (excluding diaryl/α,β-unsaturated/α-hetero) is 1. The first-order chi connectivity index (χ1) is 11.5. The lowest BCUT2D eigenvalue weighted by Crippen LogP contribution is -2.18. The van der Waals surface area contributed by atoms with E-state index in [1.54, 1.807) is 13.1 Å². The minimum Gasteiger partial charge on any atom is -0.385 e. The number of aryl methyl sites for hydroxylation is 1. The van der Waals surface area contributed by atoms with Gasteiger partial charge < -0.3 is 5.32 Å². The number of carbonyl (C=O) groups is 1. The summed E-state index contributed by atoms with van der Waals surface area (Å²) < 4.78 is 0. The zero-order valence-corrected chi connectivity index (χ0v) is 14.1. The molecular formula is C19H21N3O2. The topological polar surface area (TPSA) is 74.8 Å². The first-order valence-corrected chi connectivity index (χ1v) is 7.72. The third kappa shape index (κ3) is 4.52. The van der Waals surface area contributed by atoms with E-state index in [0.717, 1.165) is 16.8 Å². The largest absolute Gasteiger partial charge is 0.385 e. The third-order valence-corrected chi connectivity index (χ3v) is 3.62. The number of likely N-dealkylation sites (N-methyl/N-ethyl adjacent to an activating group) is 1. The van der Waals surface area contributed by atoms with Crippen LogP contribution < -0.4 is 10.9 Å². The van der Waals surface area contributed by atoms with Gasteiger partial charge in [-0.05, 0) is 25.5 Å². The van der Waals surface area contributed by atoms with Gasteiger partial charge in [-0.15, -0.1) is 0 Å². The molecule has 0 radical (unpaired) electrons. The maximum absolute atomic E-state index is 12.6. The van der Waals surface area contributed by atoms with Crippen molar-refractivity contribution in [3.05, 3.63) is 87.0 Å². The van der Waals surface area contributed by atoms with Gasteiger partial charge in [0.25, 0.3) is 5.56 Å². The van der Waals surface area contributed by atoms with Crippen molar-refractivity contribution in [2.75, 3.05) is 7.05 Å². The van der Waals surface area contributed by atoms with Gasteiger partial charge in [-0.1, -0.05) is 42.0 Å². The molecule has 0 saturated heterocycles. The van der Waals surface area contributed by atoms with Gasteiger partial charge in [0.05, 0.1) is 11.4 Å². The smallest absolute Gasteiger partial charge is 0.264 e. The quantitative estimate of drug-likeness (QED) is 0.487. The summed E-state index contributed by atoms with van der Waals surface area (Å²) in [6.07, 6.45) is 4.37. The Hall–Kier alpha value is -2.95. The zero-order chi connectivity index (χ0) is 17.5. The van der Waals surface area contributed by atoms with Crippen LogP contribution in [0.1, 0.15) is 28.5 Å². The molecule has 5 heteroatoms. The van der Waals surface area contributed by atoms with Gasteiger partial charge in [0, 0.05) is 25.1 Å². The third-order valence-electron chi connectivity index (χ3n) is 3.62. The Balaban J connectivity index is 2.15. The van der Waals surface area contributed by atoms with Crippen molar-refractivity contribution in [2.45, 2.75) is 20.3 Å². The van der Waals surface area contributed by atoms with Gasteiger partial charge in [0.15, 0.2) is 0 Å². The number of hydrogen-bond donors (Lipinski definition) is 2. The van der Waals surface area contributed by atoms with Crippen molar-refractivity contribution >= 4 is 5.78 Å². The molecule has 0 amide bonds. The number of H-pyrrole nitrogens is 1. The Morgan fingerprint density at radius 1 is 1.21 bits per heavy atom. The van der Waals surface area contributed by atoms with Crippen LogP contribution in [0.25, 0.3) is 0 Å². The molecule has 0 aliphatic carbocycles. The Labute approximate surface area is 141 Å². The van der Waals surface area contributed by atoms with Gasteiger partial charge in [0.1, 0.15) is 0 Å². The van der Waals surface area contributed by atoms with Gasteiger partial charge in [0.2, 0.25) is 5.78 Å². The molecule has 0 atom stereocenters. The second-order valence-corrected chi connectivity index (χ2v) is 5.52. The number of rotatable bonds is 6. The zero-order valence-electron chi connectivity index (χ0n) is 14.1. The number of ketones is 1. The molecule has 0 aliphatic rings. The molecule has 0 spiro atoms. The Kier molecular flexibility index (Phi) is 5.84. The Morgan fingerprint density at radius 2 is 1.92 bits per heavy atom. The molecule has 0 fully saturated rings. The number of allylic oxidation sites excluding steroid dienone is 4.